The van der Waals surface area contributed by atoms with Crippen LogP contribution < -0.4 is 16.0 Å². The highest BCUT2D eigenvalue weighted by atomic mass is 19.1. The van der Waals surface area contributed by atoms with Gasteiger partial charge in [-0.05, 0) is 42.5 Å². The summed E-state index contributed by atoms with van der Waals surface area (Å²) in [5.74, 6) is -0.0264. The van der Waals surface area contributed by atoms with Gasteiger partial charge >= 0.3 is 0 Å². The van der Waals surface area contributed by atoms with E-state index in [-0.39, 0.29) is 17.6 Å². The Morgan fingerprint density at radius 1 is 1.04 bits per heavy atom. The van der Waals surface area contributed by atoms with Crippen LogP contribution in [0.3, 0.4) is 0 Å². The number of nitrogens with one attached hydrogen (secondary N) is 1. The lowest BCUT2D eigenvalue weighted by Gasteiger charge is -2.41. The molecule has 7 nitrogen and oxygen atoms in total. The van der Waals surface area contributed by atoms with E-state index in [9.17, 15) is 8.78 Å². The van der Waals surface area contributed by atoms with Crippen molar-refractivity contribution in [2.45, 2.75) is 6.29 Å². The number of anilines is 2. The fourth-order valence-corrected chi connectivity index (χ4v) is 3.15. The molecule has 0 radical (unpaired) electrons. The van der Waals surface area contributed by atoms with E-state index >= 15 is 0 Å². The van der Waals surface area contributed by atoms with Gasteiger partial charge in [0.2, 0.25) is 18.2 Å². The van der Waals surface area contributed by atoms with E-state index in [0.29, 0.717) is 43.6 Å². The zero-order valence-electron chi connectivity index (χ0n) is 15.1. The van der Waals surface area contributed by atoms with Gasteiger partial charge in [0.25, 0.3) is 0 Å². The maximum atomic E-state index is 13.6. The molecule has 3 N–H and O–H groups in total. The van der Waals surface area contributed by atoms with Gasteiger partial charge in [-0.2, -0.15) is 4.99 Å². The van der Waals surface area contributed by atoms with Gasteiger partial charge in [-0.25, -0.2) is 13.8 Å². The molecule has 0 saturated carbocycles. The highest BCUT2D eigenvalue weighted by molar-refractivity contribution is 6.05. The molecule has 1 unspecified atom stereocenters. The first kappa shape index (κ1) is 18.2. The van der Waals surface area contributed by atoms with Crippen LogP contribution in [0.2, 0.25) is 0 Å². The number of aliphatic imine (C=N–C) groups is 2. The molecule has 146 valence electrons. The maximum absolute atomic E-state index is 13.6. The van der Waals surface area contributed by atoms with E-state index in [1.165, 1.54) is 24.3 Å². The molecule has 1 fully saturated rings. The van der Waals surface area contributed by atoms with Crippen LogP contribution >= 0.6 is 0 Å². The molecule has 0 amide bonds. The van der Waals surface area contributed by atoms with E-state index in [1.807, 2.05) is 9.80 Å². The average molecular weight is 386 g/mol. The van der Waals surface area contributed by atoms with Crippen molar-refractivity contribution in [3.05, 3.63) is 60.2 Å². The van der Waals surface area contributed by atoms with E-state index in [1.54, 1.807) is 24.3 Å². The third-order valence-electron chi connectivity index (χ3n) is 4.45. The zero-order chi connectivity index (χ0) is 19.5. The van der Waals surface area contributed by atoms with Gasteiger partial charge in [-0.1, -0.05) is 6.07 Å². The summed E-state index contributed by atoms with van der Waals surface area (Å²) in [5.41, 5.74) is 7.19. The number of morpholine rings is 1. The summed E-state index contributed by atoms with van der Waals surface area (Å²) in [5, 5.41) is 3.17. The second-order valence-electron chi connectivity index (χ2n) is 6.37. The number of nitrogens with zero attached hydrogens (tertiary/aromatic N) is 4. The second kappa shape index (κ2) is 7.81. The molecule has 2 aliphatic rings. The lowest BCUT2D eigenvalue weighted by molar-refractivity contribution is 0.0671. The van der Waals surface area contributed by atoms with E-state index in [4.69, 9.17) is 10.5 Å². The number of nitrogens with two attached hydrogens (primary N) is 1. The van der Waals surface area contributed by atoms with E-state index in [0.717, 1.165) is 0 Å². The molecule has 2 aromatic carbocycles. The highest BCUT2D eigenvalue weighted by Crippen LogP contribution is 2.25. The lowest BCUT2D eigenvalue weighted by Crippen LogP contribution is -2.57. The first-order chi connectivity index (χ1) is 13.6. The molecule has 0 aromatic heterocycles. The number of benzene rings is 2. The summed E-state index contributed by atoms with van der Waals surface area (Å²) in [6.45, 7) is 2.40. The summed E-state index contributed by atoms with van der Waals surface area (Å²) < 4.78 is 32.5. The quantitative estimate of drug-likeness (QED) is 0.846. The molecule has 9 heteroatoms. The highest BCUT2D eigenvalue weighted by Gasteiger charge is 2.32. The Labute approximate surface area is 161 Å². The molecule has 2 aliphatic heterocycles. The van der Waals surface area contributed by atoms with Gasteiger partial charge in [0, 0.05) is 24.5 Å². The van der Waals surface area contributed by atoms with Crippen LogP contribution in [0.5, 0.6) is 0 Å². The topological polar surface area (TPSA) is 78.5 Å². The number of rotatable bonds is 3. The van der Waals surface area contributed by atoms with Gasteiger partial charge in [0.15, 0.2) is 0 Å². The number of hydrogen-bond acceptors (Lipinski definition) is 7. The summed E-state index contributed by atoms with van der Waals surface area (Å²) in [6, 6.07) is 12.1. The van der Waals surface area contributed by atoms with Crippen LogP contribution in [0.4, 0.5) is 20.2 Å². The molecule has 2 heterocycles. The monoisotopic (exact) mass is 386 g/mol. The summed E-state index contributed by atoms with van der Waals surface area (Å²) in [6.07, 6.45) is -0.678. The molecule has 4 rings (SSSR count). The average Bonchev–Trinajstić information content (AvgIpc) is 2.69. The fraction of sp³-hybridized carbons (Fsp3) is 0.263. The molecule has 28 heavy (non-hydrogen) atoms. The van der Waals surface area contributed by atoms with Crippen molar-refractivity contribution in [2.24, 2.45) is 15.7 Å². The Balaban J connectivity index is 1.72. The molecule has 0 bridgehead atoms. The lowest BCUT2D eigenvalue weighted by atomic mass is 10.2. The van der Waals surface area contributed by atoms with Gasteiger partial charge in [0.05, 0.1) is 13.2 Å². The van der Waals surface area contributed by atoms with Crippen LogP contribution in [-0.2, 0) is 4.74 Å². The minimum Gasteiger partial charge on any atom is -0.378 e. The smallest absolute Gasteiger partial charge is 0.222 e. The van der Waals surface area contributed by atoms with Crippen molar-refractivity contribution < 1.29 is 13.5 Å². The van der Waals surface area contributed by atoms with Gasteiger partial charge < -0.3 is 20.7 Å². The molecule has 0 aliphatic carbocycles. The van der Waals surface area contributed by atoms with Crippen molar-refractivity contribution in [3.8, 4) is 0 Å². The molecule has 1 atom stereocenters. The first-order valence-electron chi connectivity index (χ1n) is 8.92. The predicted octanol–water partition coefficient (Wildman–Crippen LogP) is 2.18. The van der Waals surface area contributed by atoms with Crippen molar-refractivity contribution in [1.29, 1.82) is 0 Å². The Hall–Kier alpha value is -3.20. The normalized spacial score (nSPS) is 19.9. The van der Waals surface area contributed by atoms with Gasteiger partial charge in [-0.3, -0.25) is 4.90 Å². The number of halogens is 2. The Kier molecular flexibility index (Phi) is 5.07. The standard InChI is InChI=1S/C19H20F2N6O/c20-13-4-6-16(7-5-13)27-18(23-15-3-1-2-14(21)12-15)24-17(22)25-19(27)26-8-10-28-11-9-26/h1-7,12,18,23H,8-11H2,(H2,22,24). The summed E-state index contributed by atoms with van der Waals surface area (Å²) >= 11 is 0. The maximum Gasteiger partial charge on any atom is 0.222 e. The third kappa shape index (κ3) is 3.89. The van der Waals surface area contributed by atoms with Crippen molar-refractivity contribution in [3.63, 3.8) is 0 Å². The van der Waals surface area contributed by atoms with E-state index < -0.39 is 6.29 Å². The first-order valence-corrected chi connectivity index (χ1v) is 8.92. The molecule has 1 saturated heterocycles. The SMILES string of the molecule is NC1=NC(Nc2cccc(F)c2)N(c2ccc(F)cc2)C(N2CCOCC2)=N1. The summed E-state index contributed by atoms with van der Waals surface area (Å²) in [4.78, 5) is 12.7. The minimum atomic E-state index is -0.678. The Bertz CT molecular complexity index is 896. The molecular formula is C19H20F2N6O. The second-order valence-corrected chi connectivity index (χ2v) is 6.37. The van der Waals surface area contributed by atoms with Gasteiger partial charge in [0.1, 0.15) is 11.6 Å². The van der Waals surface area contributed by atoms with E-state index in [2.05, 4.69) is 15.3 Å². The number of guanidine groups is 2. The number of hydrogen-bond donors (Lipinski definition) is 2. The van der Waals surface area contributed by atoms with Crippen molar-refractivity contribution in [2.75, 3.05) is 36.5 Å². The largest absolute Gasteiger partial charge is 0.378 e. The zero-order valence-corrected chi connectivity index (χ0v) is 15.1. The Morgan fingerprint density at radius 3 is 2.50 bits per heavy atom. The van der Waals surface area contributed by atoms with Crippen molar-refractivity contribution >= 4 is 23.3 Å². The van der Waals surface area contributed by atoms with Crippen molar-refractivity contribution in [1.82, 2.24) is 4.90 Å². The molecule has 0 spiro atoms. The van der Waals surface area contributed by atoms with Crippen LogP contribution in [0.1, 0.15) is 0 Å². The van der Waals surface area contributed by atoms with Gasteiger partial charge in [-0.15, -0.1) is 0 Å². The van der Waals surface area contributed by atoms with Crippen LogP contribution in [0, 0.1) is 11.6 Å². The summed E-state index contributed by atoms with van der Waals surface area (Å²) in [7, 11) is 0. The van der Waals surface area contributed by atoms with Crippen LogP contribution in [0.25, 0.3) is 0 Å². The fourth-order valence-electron chi connectivity index (χ4n) is 3.15. The minimum absolute atomic E-state index is 0.105. The molecular weight excluding hydrogens is 366 g/mol. The van der Waals surface area contributed by atoms with Crippen LogP contribution in [0.15, 0.2) is 58.5 Å². The molecule has 2 aromatic rings. The number of ether oxygens (including phenoxy) is 1. The predicted molar refractivity (Wildman–Crippen MR) is 104 cm³/mol. The Morgan fingerprint density at radius 2 is 1.79 bits per heavy atom. The van der Waals surface area contributed by atoms with Crippen LogP contribution in [-0.4, -0.2) is 49.4 Å². The third-order valence-corrected chi connectivity index (χ3v) is 4.45.